The average molecular weight is 357 g/mol. The summed E-state index contributed by atoms with van der Waals surface area (Å²) in [5, 5.41) is 6.20. The number of benzene rings is 1. The largest absolute Gasteiger partial charge is 0.399 e. The van der Waals surface area contributed by atoms with E-state index in [2.05, 4.69) is 10.6 Å². The fourth-order valence-electron chi connectivity index (χ4n) is 4.27. The van der Waals surface area contributed by atoms with Crippen LogP contribution in [0.3, 0.4) is 0 Å². The molecule has 0 atom stereocenters. The Morgan fingerprint density at radius 1 is 1.08 bits per heavy atom. The number of anilines is 2. The first kappa shape index (κ1) is 18.7. The number of hydrogen-bond donors (Lipinski definition) is 3. The molecule has 2 aliphatic carbocycles. The van der Waals surface area contributed by atoms with Gasteiger partial charge >= 0.3 is 0 Å². The monoisotopic (exact) mass is 357 g/mol. The molecular weight excluding hydrogens is 326 g/mol. The molecular formula is C21H31N3O2. The van der Waals surface area contributed by atoms with Crippen molar-refractivity contribution in [2.24, 2.45) is 11.8 Å². The van der Waals surface area contributed by atoms with Gasteiger partial charge in [-0.3, -0.25) is 9.59 Å². The van der Waals surface area contributed by atoms with Gasteiger partial charge in [0.05, 0.1) is 0 Å². The number of nitrogen functional groups attached to an aromatic ring is 1. The maximum Gasteiger partial charge on any atom is 0.227 e. The molecule has 2 saturated carbocycles. The van der Waals surface area contributed by atoms with E-state index in [9.17, 15) is 9.59 Å². The van der Waals surface area contributed by atoms with Crippen LogP contribution < -0.4 is 16.4 Å². The Labute approximate surface area is 156 Å². The Morgan fingerprint density at radius 3 is 2.46 bits per heavy atom. The third kappa shape index (κ3) is 4.99. The molecule has 1 aromatic rings. The predicted molar refractivity (Wildman–Crippen MR) is 105 cm³/mol. The van der Waals surface area contributed by atoms with Gasteiger partial charge in [0.15, 0.2) is 0 Å². The van der Waals surface area contributed by atoms with Gasteiger partial charge < -0.3 is 16.4 Å². The van der Waals surface area contributed by atoms with Crippen LogP contribution in [0.15, 0.2) is 18.2 Å². The van der Waals surface area contributed by atoms with E-state index >= 15 is 0 Å². The Balaban J connectivity index is 1.43. The molecule has 4 N–H and O–H groups in total. The molecule has 0 aliphatic heterocycles. The number of rotatable bonds is 5. The maximum atomic E-state index is 12.6. The second kappa shape index (κ2) is 8.56. The van der Waals surface area contributed by atoms with Crippen molar-refractivity contribution in [3.63, 3.8) is 0 Å². The molecule has 0 heterocycles. The summed E-state index contributed by atoms with van der Waals surface area (Å²) in [5.74, 6) is 0.854. The number of hydrogen-bond acceptors (Lipinski definition) is 3. The van der Waals surface area contributed by atoms with Crippen molar-refractivity contribution >= 4 is 23.2 Å². The molecule has 0 radical (unpaired) electrons. The van der Waals surface area contributed by atoms with Crippen LogP contribution in [-0.2, 0) is 9.59 Å². The third-order valence-corrected chi connectivity index (χ3v) is 5.93. The normalized spacial score (nSPS) is 23.6. The zero-order valence-electron chi connectivity index (χ0n) is 15.7. The number of aryl methyl sites for hydroxylation is 1. The lowest BCUT2D eigenvalue weighted by Gasteiger charge is -2.29. The smallest absolute Gasteiger partial charge is 0.227 e. The molecule has 0 unspecified atom stereocenters. The van der Waals surface area contributed by atoms with Crippen molar-refractivity contribution in [2.45, 2.75) is 70.8 Å². The van der Waals surface area contributed by atoms with Crippen LogP contribution in [0.1, 0.15) is 63.4 Å². The van der Waals surface area contributed by atoms with E-state index in [1.165, 1.54) is 25.7 Å². The molecule has 2 fully saturated rings. The Morgan fingerprint density at radius 2 is 1.77 bits per heavy atom. The molecule has 3 rings (SSSR count). The van der Waals surface area contributed by atoms with Crippen LogP contribution in [-0.4, -0.2) is 17.9 Å². The van der Waals surface area contributed by atoms with Crippen molar-refractivity contribution < 1.29 is 9.59 Å². The van der Waals surface area contributed by atoms with Gasteiger partial charge in [-0.1, -0.05) is 18.9 Å². The second-order valence-corrected chi connectivity index (χ2v) is 8.03. The molecule has 0 spiro atoms. The molecule has 142 valence electrons. The van der Waals surface area contributed by atoms with E-state index in [4.69, 9.17) is 5.73 Å². The number of amides is 2. The highest BCUT2D eigenvalue weighted by atomic mass is 16.2. The van der Waals surface area contributed by atoms with E-state index in [-0.39, 0.29) is 23.8 Å². The molecule has 2 aliphatic rings. The summed E-state index contributed by atoms with van der Waals surface area (Å²) >= 11 is 0. The minimum atomic E-state index is 0.0128. The summed E-state index contributed by atoms with van der Waals surface area (Å²) in [5.41, 5.74) is 8.27. The lowest BCUT2D eigenvalue weighted by atomic mass is 9.85. The maximum absolute atomic E-state index is 12.6. The molecule has 5 heteroatoms. The first-order valence-electron chi connectivity index (χ1n) is 9.97. The van der Waals surface area contributed by atoms with Crippen LogP contribution in [0.25, 0.3) is 0 Å². The van der Waals surface area contributed by atoms with Crippen LogP contribution in [0.2, 0.25) is 0 Å². The van der Waals surface area contributed by atoms with Crippen LogP contribution in [0, 0.1) is 18.8 Å². The Hall–Kier alpha value is -2.04. The fraction of sp³-hybridized carbons (Fsp3) is 0.619. The summed E-state index contributed by atoms with van der Waals surface area (Å²) in [6.45, 7) is 1.96. The standard InChI is InChI=1S/C21H31N3O2/c1-14-6-9-17(22)13-19(14)24-21(26)16-7-10-18(11-8-16)23-20(25)12-15-4-2-3-5-15/h6,9,13,15-16,18H,2-5,7-8,10-12,22H2,1H3,(H,23,25)(H,24,26). The van der Waals surface area contributed by atoms with Gasteiger partial charge in [0.1, 0.15) is 0 Å². The molecule has 0 saturated heterocycles. The first-order valence-corrected chi connectivity index (χ1v) is 9.97. The van der Waals surface area contributed by atoms with Gasteiger partial charge in [-0.15, -0.1) is 0 Å². The fourth-order valence-corrected chi connectivity index (χ4v) is 4.27. The highest BCUT2D eigenvalue weighted by Crippen LogP contribution is 2.29. The van der Waals surface area contributed by atoms with E-state index < -0.39 is 0 Å². The molecule has 0 aromatic heterocycles. The summed E-state index contributed by atoms with van der Waals surface area (Å²) in [4.78, 5) is 24.7. The lowest BCUT2D eigenvalue weighted by molar-refractivity contribution is -0.123. The number of carbonyl (C=O) groups is 2. The molecule has 26 heavy (non-hydrogen) atoms. The zero-order valence-corrected chi connectivity index (χ0v) is 15.7. The zero-order chi connectivity index (χ0) is 18.5. The quantitative estimate of drug-likeness (QED) is 0.701. The van der Waals surface area contributed by atoms with Crippen molar-refractivity contribution in [3.8, 4) is 0 Å². The summed E-state index contributed by atoms with van der Waals surface area (Å²) < 4.78 is 0. The SMILES string of the molecule is Cc1ccc(N)cc1NC(=O)C1CCC(NC(=O)CC2CCCC2)CC1. The Bertz CT molecular complexity index is 645. The molecule has 2 amide bonds. The van der Waals surface area contributed by atoms with Gasteiger partial charge in [-0.2, -0.15) is 0 Å². The van der Waals surface area contributed by atoms with Crippen molar-refractivity contribution in [2.75, 3.05) is 11.1 Å². The lowest BCUT2D eigenvalue weighted by Crippen LogP contribution is -2.40. The highest BCUT2D eigenvalue weighted by Gasteiger charge is 2.28. The Kier molecular flexibility index (Phi) is 6.17. The highest BCUT2D eigenvalue weighted by molar-refractivity contribution is 5.93. The summed E-state index contributed by atoms with van der Waals surface area (Å²) in [7, 11) is 0. The van der Waals surface area contributed by atoms with E-state index in [1.807, 2.05) is 25.1 Å². The van der Waals surface area contributed by atoms with E-state index in [1.54, 1.807) is 0 Å². The van der Waals surface area contributed by atoms with Crippen molar-refractivity contribution in [1.29, 1.82) is 0 Å². The first-order chi connectivity index (χ1) is 12.5. The van der Waals surface area contributed by atoms with Gasteiger partial charge in [-0.25, -0.2) is 0 Å². The number of carbonyl (C=O) groups excluding carboxylic acids is 2. The van der Waals surface area contributed by atoms with Crippen molar-refractivity contribution in [1.82, 2.24) is 5.32 Å². The van der Waals surface area contributed by atoms with Gasteiger partial charge in [0.2, 0.25) is 11.8 Å². The molecule has 0 bridgehead atoms. The number of nitrogens with one attached hydrogen (secondary N) is 2. The van der Waals surface area contributed by atoms with Gasteiger partial charge in [-0.05, 0) is 69.1 Å². The van der Waals surface area contributed by atoms with Gasteiger partial charge in [0.25, 0.3) is 0 Å². The van der Waals surface area contributed by atoms with Gasteiger partial charge in [0, 0.05) is 29.8 Å². The van der Waals surface area contributed by atoms with Crippen LogP contribution in [0.4, 0.5) is 11.4 Å². The van der Waals surface area contributed by atoms with Crippen molar-refractivity contribution in [3.05, 3.63) is 23.8 Å². The third-order valence-electron chi connectivity index (χ3n) is 5.93. The molecule has 5 nitrogen and oxygen atoms in total. The summed E-state index contributed by atoms with van der Waals surface area (Å²) in [6.07, 6.45) is 9.01. The molecule has 1 aromatic carbocycles. The number of nitrogens with two attached hydrogens (primary N) is 1. The van der Waals surface area contributed by atoms with Crippen LogP contribution >= 0.6 is 0 Å². The minimum Gasteiger partial charge on any atom is -0.399 e. The average Bonchev–Trinajstić information content (AvgIpc) is 3.11. The second-order valence-electron chi connectivity index (χ2n) is 8.03. The van der Waals surface area contributed by atoms with E-state index in [0.29, 0.717) is 18.0 Å². The topological polar surface area (TPSA) is 84.2 Å². The summed E-state index contributed by atoms with van der Waals surface area (Å²) in [6, 6.07) is 5.79. The van der Waals surface area contributed by atoms with E-state index in [0.717, 1.165) is 36.9 Å². The van der Waals surface area contributed by atoms with Crippen LogP contribution in [0.5, 0.6) is 0 Å². The minimum absolute atomic E-state index is 0.0128. The predicted octanol–water partition coefficient (Wildman–Crippen LogP) is 3.77.